The van der Waals surface area contributed by atoms with Gasteiger partial charge in [0.25, 0.3) is 0 Å². The largest absolute Gasteiger partial charge is 0.310 e. The van der Waals surface area contributed by atoms with Crippen molar-refractivity contribution in [2.45, 2.75) is 6.92 Å². The molecule has 2 heterocycles. The second-order valence-corrected chi connectivity index (χ2v) is 8.94. The molecule has 7 rings (SSSR count). The highest BCUT2D eigenvalue weighted by Crippen LogP contribution is 2.36. The van der Waals surface area contributed by atoms with Crippen LogP contribution in [0.15, 0.2) is 109 Å². The van der Waals surface area contributed by atoms with Gasteiger partial charge in [-0.25, -0.2) is 0 Å². The summed E-state index contributed by atoms with van der Waals surface area (Å²) in [7, 11) is 6.55. The van der Waals surface area contributed by atoms with Crippen molar-refractivity contribution < 1.29 is 0 Å². The summed E-state index contributed by atoms with van der Waals surface area (Å²) in [5.41, 5.74) is 8.96. The highest BCUT2D eigenvalue weighted by atomic mass is 15.0. The van der Waals surface area contributed by atoms with Gasteiger partial charge in [-0.15, -0.1) is 0 Å². The van der Waals surface area contributed by atoms with Crippen LogP contribution in [0.3, 0.4) is 0 Å². The van der Waals surface area contributed by atoms with E-state index in [1.807, 2.05) is 12.1 Å². The minimum atomic E-state index is 0.785. The van der Waals surface area contributed by atoms with Crippen molar-refractivity contribution in [3.63, 3.8) is 0 Å². The fourth-order valence-electron chi connectivity index (χ4n) is 5.49. The van der Waals surface area contributed by atoms with E-state index in [0.717, 1.165) is 22.2 Å². The van der Waals surface area contributed by atoms with Crippen molar-refractivity contribution in [1.82, 2.24) is 9.13 Å². The Balaban J connectivity index is 1.64. The molecule has 0 unspecified atom stereocenters. The second-order valence-electron chi connectivity index (χ2n) is 8.94. The van der Waals surface area contributed by atoms with Gasteiger partial charge in [0.15, 0.2) is 0 Å². The molecule has 3 heteroatoms. The molecule has 0 spiro atoms. The Labute approximate surface area is 199 Å². The summed E-state index contributed by atoms with van der Waals surface area (Å²) in [4.78, 5) is 0. The summed E-state index contributed by atoms with van der Waals surface area (Å²) in [6.45, 7) is 2.17. The summed E-state index contributed by atoms with van der Waals surface area (Å²) in [6.07, 6.45) is 0. The van der Waals surface area contributed by atoms with Gasteiger partial charge in [-0.2, -0.15) is 0 Å². The van der Waals surface area contributed by atoms with Crippen molar-refractivity contribution in [3.05, 3.63) is 115 Å². The van der Waals surface area contributed by atoms with Crippen LogP contribution in [0.5, 0.6) is 0 Å². The number of nitrogens with zero attached hydrogens (tertiary/aromatic N) is 2. The molecule has 0 saturated carbocycles. The topological polar surface area (TPSA) is 9.86 Å². The molecule has 0 saturated heterocycles. The molecule has 2 radical (unpaired) electrons. The monoisotopic (exact) mass is 432 g/mol. The predicted octanol–water partition coefficient (Wildman–Crippen LogP) is 6.98. The molecule has 0 aliphatic carbocycles. The van der Waals surface area contributed by atoms with Crippen LogP contribution in [-0.4, -0.2) is 17.0 Å². The number of para-hydroxylation sites is 4. The number of benzene rings is 5. The molecule has 0 fully saturated rings. The smallest absolute Gasteiger partial charge is 0.116 e. The van der Waals surface area contributed by atoms with Crippen LogP contribution in [0.25, 0.3) is 55.0 Å². The quantitative estimate of drug-likeness (QED) is 0.261. The van der Waals surface area contributed by atoms with E-state index in [1.54, 1.807) is 0 Å². The van der Waals surface area contributed by atoms with Crippen LogP contribution in [0.4, 0.5) is 0 Å². The molecule has 0 aliphatic rings. The van der Waals surface area contributed by atoms with Crippen molar-refractivity contribution in [3.8, 4) is 11.4 Å². The van der Waals surface area contributed by atoms with Gasteiger partial charge in [-0.1, -0.05) is 84.3 Å². The lowest BCUT2D eigenvalue weighted by molar-refractivity contribution is 1.14. The minimum Gasteiger partial charge on any atom is -0.310 e. The number of hydrogen-bond acceptors (Lipinski definition) is 0. The first-order valence-electron chi connectivity index (χ1n) is 11.6. The second kappa shape index (κ2) is 7.13. The third kappa shape index (κ3) is 2.58. The maximum atomic E-state index is 6.55. The predicted molar refractivity (Wildman–Crippen MR) is 145 cm³/mol. The molecule has 0 atom stereocenters. The lowest BCUT2D eigenvalue weighted by atomic mass is 9.93. The average molecular weight is 432 g/mol. The number of aromatic nitrogens is 2. The molecule has 0 aliphatic heterocycles. The Morgan fingerprint density at radius 1 is 0.529 bits per heavy atom. The van der Waals surface area contributed by atoms with Gasteiger partial charge in [0.05, 0.1) is 16.6 Å². The van der Waals surface area contributed by atoms with Gasteiger partial charge in [0, 0.05) is 38.4 Å². The van der Waals surface area contributed by atoms with Crippen LogP contribution in [0.2, 0.25) is 0 Å². The third-order valence-corrected chi connectivity index (χ3v) is 7.00. The summed E-state index contributed by atoms with van der Waals surface area (Å²) in [5.74, 6) is 0. The van der Waals surface area contributed by atoms with Crippen LogP contribution in [0, 0.1) is 6.92 Å². The molecule has 2 nitrogen and oxygen atoms in total. The maximum Gasteiger partial charge on any atom is 0.116 e. The molecular formula is C31H21BN2. The minimum absolute atomic E-state index is 0.785. The molecule has 0 amide bonds. The molecule has 34 heavy (non-hydrogen) atoms. The van der Waals surface area contributed by atoms with Gasteiger partial charge in [0.2, 0.25) is 0 Å². The van der Waals surface area contributed by atoms with Crippen LogP contribution >= 0.6 is 0 Å². The van der Waals surface area contributed by atoms with Gasteiger partial charge >= 0.3 is 0 Å². The van der Waals surface area contributed by atoms with E-state index in [-0.39, 0.29) is 0 Å². The SMILES string of the molecule is [B]c1cccc2c3ccccc3n(-c3ccc4c5ccccc5n(-c5ccccc5C)c4c3)c12. The molecule has 5 aromatic carbocycles. The average Bonchev–Trinajstić information content (AvgIpc) is 3.38. The highest BCUT2D eigenvalue weighted by molar-refractivity contribution is 6.40. The van der Waals surface area contributed by atoms with E-state index in [1.165, 1.54) is 43.8 Å². The number of rotatable bonds is 2. The summed E-state index contributed by atoms with van der Waals surface area (Å²) in [5, 5.41) is 4.89. The van der Waals surface area contributed by atoms with E-state index in [2.05, 4.69) is 113 Å². The van der Waals surface area contributed by atoms with Crippen molar-refractivity contribution in [2.24, 2.45) is 0 Å². The molecule has 7 aromatic rings. The Kier molecular flexibility index (Phi) is 4.04. The number of aryl methyl sites for hydroxylation is 1. The van der Waals surface area contributed by atoms with Crippen molar-refractivity contribution >= 4 is 56.9 Å². The zero-order valence-electron chi connectivity index (χ0n) is 18.9. The zero-order valence-corrected chi connectivity index (χ0v) is 18.9. The van der Waals surface area contributed by atoms with Gasteiger partial charge < -0.3 is 9.13 Å². The van der Waals surface area contributed by atoms with Crippen LogP contribution in [-0.2, 0) is 0 Å². The summed E-state index contributed by atoms with van der Waals surface area (Å²) >= 11 is 0. The summed E-state index contributed by atoms with van der Waals surface area (Å²) in [6, 6.07) is 38.7. The lowest BCUT2D eigenvalue weighted by Crippen LogP contribution is -2.08. The first-order chi connectivity index (χ1) is 16.7. The number of hydrogen-bond donors (Lipinski definition) is 0. The maximum absolute atomic E-state index is 6.55. The highest BCUT2D eigenvalue weighted by Gasteiger charge is 2.17. The fraction of sp³-hybridized carbons (Fsp3) is 0.0323. The van der Waals surface area contributed by atoms with Gasteiger partial charge in [-0.3, -0.25) is 0 Å². The Bertz CT molecular complexity index is 1890. The molecule has 2 aromatic heterocycles. The van der Waals surface area contributed by atoms with E-state index < -0.39 is 0 Å². The van der Waals surface area contributed by atoms with E-state index in [0.29, 0.717) is 0 Å². The standard InChI is InChI=1S/C31H21BN2/c1-20-9-2-5-14-27(20)34-29-16-7-3-10-22(29)24-18-17-21(19-30(24)34)33-28-15-6-4-11-23(28)25-12-8-13-26(32)31(25)33/h2-19H,1H3. The molecule has 158 valence electrons. The van der Waals surface area contributed by atoms with Crippen molar-refractivity contribution in [1.29, 1.82) is 0 Å². The van der Waals surface area contributed by atoms with Crippen LogP contribution < -0.4 is 5.46 Å². The van der Waals surface area contributed by atoms with E-state index in [9.17, 15) is 0 Å². The molecule has 0 bridgehead atoms. The van der Waals surface area contributed by atoms with Crippen LogP contribution in [0.1, 0.15) is 5.56 Å². The van der Waals surface area contributed by atoms with Gasteiger partial charge in [-0.05, 0) is 42.8 Å². The molecular weight excluding hydrogens is 411 g/mol. The fourth-order valence-corrected chi connectivity index (χ4v) is 5.49. The Morgan fingerprint density at radius 3 is 1.94 bits per heavy atom. The Morgan fingerprint density at radius 2 is 1.15 bits per heavy atom. The zero-order chi connectivity index (χ0) is 22.8. The first-order valence-corrected chi connectivity index (χ1v) is 11.6. The number of fused-ring (bicyclic) bond motifs is 6. The Hall–Kier alpha value is -4.24. The third-order valence-electron chi connectivity index (χ3n) is 7.00. The normalized spacial score (nSPS) is 11.8. The summed E-state index contributed by atoms with van der Waals surface area (Å²) < 4.78 is 4.69. The van der Waals surface area contributed by atoms with Gasteiger partial charge in [0.1, 0.15) is 7.85 Å². The lowest BCUT2D eigenvalue weighted by Gasteiger charge is -2.13. The first kappa shape index (κ1) is 19.3. The van der Waals surface area contributed by atoms with E-state index in [4.69, 9.17) is 7.85 Å². The van der Waals surface area contributed by atoms with E-state index >= 15 is 0 Å². The van der Waals surface area contributed by atoms with Crippen molar-refractivity contribution in [2.75, 3.05) is 0 Å². The molecule has 0 N–H and O–H groups in total.